The normalized spacial score (nSPS) is 19.0. The fraction of sp³-hybridized carbons (Fsp3) is 0.667. The number of likely N-dealkylation sites (tertiary alicyclic amines) is 1. The topological polar surface area (TPSA) is 89.5 Å². The molecule has 2 heterocycles. The summed E-state index contributed by atoms with van der Waals surface area (Å²) >= 11 is 0. The molecule has 1 aliphatic rings. The van der Waals surface area contributed by atoms with Crippen LogP contribution >= 0.6 is 0 Å². The first-order valence-corrected chi connectivity index (χ1v) is 9.26. The van der Waals surface area contributed by atoms with E-state index in [0.29, 0.717) is 18.7 Å². The van der Waals surface area contributed by atoms with Gasteiger partial charge in [0.1, 0.15) is 5.60 Å². The van der Waals surface area contributed by atoms with Crippen molar-refractivity contribution in [2.75, 3.05) is 12.3 Å². The van der Waals surface area contributed by atoms with Gasteiger partial charge in [0.25, 0.3) is 0 Å². The van der Waals surface area contributed by atoms with Crippen molar-refractivity contribution in [1.29, 1.82) is 0 Å². The second-order valence-electron chi connectivity index (χ2n) is 6.73. The molecule has 2 rings (SSSR count). The highest BCUT2D eigenvalue weighted by Crippen LogP contribution is 2.23. The lowest BCUT2D eigenvalue weighted by molar-refractivity contribution is 0.0241. The van der Waals surface area contributed by atoms with Crippen molar-refractivity contribution >= 4 is 15.9 Å². The van der Waals surface area contributed by atoms with Gasteiger partial charge in [-0.15, -0.1) is 0 Å². The predicted molar refractivity (Wildman–Crippen MR) is 84.8 cm³/mol. The SMILES string of the molecule is Cc1ccnc(S(=O)(=O)CC2CCCN2C(=O)OC(C)(C)C)n1. The Morgan fingerprint density at radius 3 is 2.74 bits per heavy atom. The van der Waals surface area contributed by atoms with Crippen molar-refractivity contribution < 1.29 is 17.9 Å². The summed E-state index contributed by atoms with van der Waals surface area (Å²) in [7, 11) is -3.65. The first kappa shape index (κ1) is 17.7. The van der Waals surface area contributed by atoms with Gasteiger partial charge in [-0.05, 0) is 46.6 Å². The highest BCUT2D eigenvalue weighted by atomic mass is 32.2. The molecule has 7 nitrogen and oxygen atoms in total. The van der Waals surface area contributed by atoms with E-state index in [0.717, 1.165) is 6.42 Å². The highest BCUT2D eigenvalue weighted by Gasteiger charge is 2.36. The van der Waals surface area contributed by atoms with Crippen LogP contribution in [0, 0.1) is 6.92 Å². The molecule has 1 saturated heterocycles. The predicted octanol–water partition coefficient (Wildman–Crippen LogP) is 1.96. The fourth-order valence-electron chi connectivity index (χ4n) is 2.47. The molecule has 1 amide bonds. The second-order valence-corrected chi connectivity index (χ2v) is 8.66. The minimum atomic E-state index is -3.65. The molecule has 1 aromatic rings. The lowest BCUT2D eigenvalue weighted by atomic mass is 10.2. The minimum Gasteiger partial charge on any atom is -0.444 e. The molecule has 1 unspecified atom stereocenters. The van der Waals surface area contributed by atoms with E-state index >= 15 is 0 Å². The molecule has 1 fully saturated rings. The molecule has 23 heavy (non-hydrogen) atoms. The zero-order chi connectivity index (χ0) is 17.3. The maximum Gasteiger partial charge on any atom is 0.410 e. The van der Waals surface area contributed by atoms with Crippen LogP contribution in [0.15, 0.2) is 17.4 Å². The van der Waals surface area contributed by atoms with Gasteiger partial charge in [0.2, 0.25) is 15.0 Å². The molecule has 1 aromatic heterocycles. The van der Waals surface area contributed by atoms with Crippen molar-refractivity contribution in [2.45, 2.75) is 57.3 Å². The van der Waals surface area contributed by atoms with Gasteiger partial charge in [0.05, 0.1) is 5.75 Å². The number of nitrogens with zero attached hydrogens (tertiary/aromatic N) is 3. The van der Waals surface area contributed by atoms with Gasteiger partial charge in [0, 0.05) is 24.5 Å². The third kappa shape index (κ3) is 4.63. The molecule has 1 aliphatic heterocycles. The summed E-state index contributed by atoms with van der Waals surface area (Å²) in [6.07, 6.45) is 2.34. The largest absolute Gasteiger partial charge is 0.444 e. The Balaban J connectivity index is 2.13. The van der Waals surface area contributed by atoms with Crippen molar-refractivity contribution in [3.63, 3.8) is 0 Å². The number of sulfone groups is 1. The summed E-state index contributed by atoms with van der Waals surface area (Å²) in [6, 6.07) is 1.24. The lowest BCUT2D eigenvalue weighted by Crippen LogP contribution is -2.42. The van der Waals surface area contributed by atoms with Gasteiger partial charge < -0.3 is 9.64 Å². The summed E-state index contributed by atoms with van der Waals surface area (Å²) < 4.78 is 30.3. The first-order chi connectivity index (χ1) is 10.6. The van der Waals surface area contributed by atoms with E-state index in [2.05, 4.69) is 9.97 Å². The Bertz CT molecular complexity index is 682. The Hall–Kier alpha value is -1.70. The van der Waals surface area contributed by atoms with Gasteiger partial charge in [-0.3, -0.25) is 0 Å². The van der Waals surface area contributed by atoms with E-state index in [4.69, 9.17) is 4.74 Å². The van der Waals surface area contributed by atoms with Crippen LogP contribution in [0.5, 0.6) is 0 Å². The van der Waals surface area contributed by atoms with Gasteiger partial charge in [-0.25, -0.2) is 23.2 Å². The van der Waals surface area contributed by atoms with Crippen molar-refractivity contribution in [3.8, 4) is 0 Å². The molecule has 0 N–H and O–H groups in total. The monoisotopic (exact) mass is 341 g/mol. The lowest BCUT2D eigenvalue weighted by Gasteiger charge is -2.28. The van der Waals surface area contributed by atoms with Crippen LogP contribution in [-0.2, 0) is 14.6 Å². The van der Waals surface area contributed by atoms with Crippen LogP contribution in [0.1, 0.15) is 39.3 Å². The molecule has 8 heteroatoms. The van der Waals surface area contributed by atoms with Gasteiger partial charge in [-0.2, -0.15) is 0 Å². The molecule has 128 valence electrons. The molecule has 1 atom stereocenters. The molecule has 0 bridgehead atoms. The Morgan fingerprint density at radius 2 is 2.13 bits per heavy atom. The molecule has 0 aromatic carbocycles. The molecular weight excluding hydrogens is 318 g/mol. The number of aromatic nitrogens is 2. The van der Waals surface area contributed by atoms with E-state index in [-0.39, 0.29) is 10.9 Å². The van der Waals surface area contributed by atoms with E-state index in [9.17, 15) is 13.2 Å². The van der Waals surface area contributed by atoms with E-state index in [1.807, 2.05) is 0 Å². The average Bonchev–Trinajstić information content (AvgIpc) is 2.84. The third-order valence-electron chi connectivity index (χ3n) is 3.47. The van der Waals surface area contributed by atoms with Crippen LogP contribution in [0.2, 0.25) is 0 Å². The number of hydrogen-bond acceptors (Lipinski definition) is 6. The molecule has 0 saturated carbocycles. The third-order valence-corrected chi connectivity index (χ3v) is 5.04. The number of carbonyl (C=O) groups is 1. The maximum atomic E-state index is 12.5. The van der Waals surface area contributed by atoms with E-state index in [1.165, 1.54) is 11.1 Å². The van der Waals surface area contributed by atoms with Crippen LogP contribution in [0.4, 0.5) is 4.79 Å². The Kier molecular flexibility index (Phi) is 4.93. The van der Waals surface area contributed by atoms with Crippen molar-refractivity contribution in [2.24, 2.45) is 0 Å². The number of hydrogen-bond donors (Lipinski definition) is 0. The van der Waals surface area contributed by atoms with Crippen molar-refractivity contribution in [1.82, 2.24) is 14.9 Å². The molecular formula is C15H23N3O4S. The fourth-order valence-corrected chi connectivity index (χ4v) is 3.98. The summed E-state index contributed by atoms with van der Waals surface area (Å²) in [6.45, 7) is 7.57. The number of amides is 1. The number of ether oxygens (including phenoxy) is 1. The minimum absolute atomic E-state index is 0.185. The van der Waals surface area contributed by atoms with E-state index in [1.54, 1.807) is 33.8 Å². The molecule has 0 spiro atoms. The van der Waals surface area contributed by atoms with Gasteiger partial charge in [-0.1, -0.05) is 0 Å². The zero-order valence-corrected chi connectivity index (χ0v) is 14.8. The number of carbonyl (C=O) groups excluding carboxylic acids is 1. The maximum absolute atomic E-state index is 12.5. The van der Waals surface area contributed by atoms with Crippen LogP contribution in [0.25, 0.3) is 0 Å². The second kappa shape index (κ2) is 6.43. The van der Waals surface area contributed by atoms with Crippen LogP contribution in [-0.4, -0.2) is 53.3 Å². The summed E-state index contributed by atoms with van der Waals surface area (Å²) in [4.78, 5) is 21.6. The van der Waals surface area contributed by atoms with Gasteiger partial charge in [0.15, 0.2) is 0 Å². The molecule has 0 aliphatic carbocycles. The Labute approximate surface area is 137 Å². The smallest absolute Gasteiger partial charge is 0.410 e. The number of rotatable bonds is 3. The number of aryl methyl sites for hydroxylation is 1. The van der Waals surface area contributed by atoms with E-state index < -0.39 is 27.6 Å². The van der Waals surface area contributed by atoms with Crippen LogP contribution in [0.3, 0.4) is 0 Å². The first-order valence-electron chi connectivity index (χ1n) is 7.60. The van der Waals surface area contributed by atoms with Crippen molar-refractivity contribution in [3.05, 3.63) is 18.0 Å². The summed E-state index contributed by atoms with van der Waals surface area (Å²) in [5, 5.41) is -0.187. The highest BCUT2D eigenvalue weighted by molar-refractivity contribution is 7.91. The zero-order valence-electron chi connectivity index (χ0n) is 13.9. The summed E-state index contributed by atoms with van der Waals surface area (Å²) in [5.41, 5.74) is -0.0167. The van der Waals surface area contributed by atoms with Crippen LogP contribution < -0.4 is 0 Å². The molecule has 0 radical (unpaired) electrons. The average molecular weight is 341 g/mol. The Morgan fingerprint density at radius 1 is 1.43 bits per heavy atom. The standard InChI is InChI=1S/C15H23N3O4S/c1-11-7-8-16-13(17-11)23(20,21)10-12-6-5-9-18(12)14(19)22-15(2,3)4/h7-8,12H,5-6,9-10H2,1-4H3. The van der Waals surface area contributed by atoms with Gasteiger partial charge >= 0.3 is 6.09 Å². The quantitative estimate of drug-likeness (QED) is 0.781. The summed E-state index contributed by atoms with van der Waals surface area (Å²) in [5.74, 6) is -0.185.